The summed E-state index contributed by atoms with van der Waals surface area (Å²) in [5.41, 5.74) is 1.75. The van der Waals surface area contributed by atoms with Crippen LogP contribution in [-0.4, -0.2) is 57.9 Å². The average Bonchev–Trinajstić information content (AvgIpc) is 3.68. The molecule has 2 saturated carbocycles. The topological polar surface area (TPSA) is 82.0 Å². The normalized spacial score (nSPS) is 36.9. The average molecular weight is 527 g/mol. The van der Waals surface area contributed by atoms with Gasteiger partial charge >= 0.3 is 0 Å². The zero-order chi connectivity index (χ0) is 26.4. The molecule has 1 amide bonds. The molecule has 2 aliphatic heterocycles. The minimum atomic E-state index is -1.31. The Labute approximate surface area is 230 Å². The maximum Gasteiger partial charge on any atom is 0.220 e. The van der Waals surface area contributed by atoms with Gasteiger partial charge in [-0.3, -0.25) is 9.69 Å². The van der Waals surface area contributed by atoms with Crippen molar-refractivity contribution in [3.05, 3.63) is 71.3 Å². The van der Waals surface area contributed by atoms with Crippen LogP contribution in [0.2, 0.25) is 0 Å². The first-order valence-corrected chi connectivity index (χ1v) is 15.0. The number of amides is 1. The number of nitrogens with one attached hydrogen (secondary N) is 1. The molecule has 0 aromatic heterocycles. The van der Waals surface area contributed by atoms with E-state index in [0.717, 1.165) is 56.7 Å². The number of fused-ring (bicyclic) bond motifs is 1. The first kappa shape index (κ1) is 24.0. The maximum atomic E-state index is 13.2. The lowest BCUT2D eigenvalue weighted by Gasteiger charge is -2.70. The van der Waals surface area contributed by atoms with E-state index >= 15 is 0 Å². The van der Waals surface area contributed by atoms with Crippen LogP contribution in [0.3, 0.4) is 0 Å². The van der Waals surface area contributed by atoms with Gasteiger partial charge in [0.15, 0.2) is 11.5 Å². The van der Waals surface area contributed by atoms with Crippen LogP contribution in [-0.2, 0) is 23.1 Å². The minimum absolute atomic E-state index is 0.00254. The highest BCUT2D eigenvalue weighted by Gasteiger charge is 2.79. The lowest BCUT2D eigenvalue weighted by Crippen LogP contribution is -2.81. The summed E-state index contributed by atoms with van der Waals surface area (Å²) < 4.78 is 6.61. The molecule has 2 heterocycles. The predicted molar refractivity (Wildman–Crippen MR) is 148 cm³/mol. The highest BCUT2D eigenvalue weighted by Crippen LogP contribution is 2.73. The van der Waals surface area contributed by atoms with E-state index in [2.05, 4.69) is 46.6 Å². The van der Waals surface area contributed by atoms with Crippen LogP contribution in [0.1, 0.15) is 61.6 Å². The standard InChI is InChI=1S/C33H38N2O4/c36-24-13-12-23-18-26-31-14-15-33(38,25(19-31)34-27(37)9-5-4-8-21-6-2-1-3-7-21)30-32(31,28(23)29(24)39-30)16-17-35(26)20-22-10-11-22/h1-3,6-7,12-15,22,25-26,30,36,38H,4-5,8-11,16-20H2,(H,34,37)/t25-,26-,30+,31+,32-,33-/m0/s1. The monoisotopic (exact) mass is 526 g/mol. The fourth-order valence-electron chi connectivity index (χ4n) is 9.17. The Morgan fingerprint density at radius 3 is 2.77 bits per heavy atom. The fourth-order valence-corrected chi connectivity index (χ4v) is 9.17. The second-order valence-electron chi connectivity index (χ2n) is 13.1. The number of carbonyl (C=O) groups excluding carboxylic acids is 1. The molecule has 2 aromatic carbocycles. The van der Waals surface area contributed by atoms with E-state index in [1.165, 1.54) is 24.0 Å². The number of phenols is 1. The second kappa shape index (κ2) is 8.34. The lowest BCUT2D eigenvalue weighted by atomic mass is 9.38. The van der Waals surface area contributed by atoms with Crippen molar-refractivity contribution in [1.82, 2.24) is 10.2 Å². The van der Waals surface area contributed by atoms with Gasteiger partial charge in [-0.15, -0.1) is 0 Å². The Morgan fingerprint density at radius 2 is 1.95 bits per heavy atom. The molecule has 5 aliphatic carbocycles. The van der Waals surface area contributed by atoms with Gasteiger partial charge in [-0.1, -0.05) is 48.6 Å². The summed E-state index contributed by atoms with van der Waals surface area (Å²) in [6.45, 7) is 2.12. The van der Waals surface area contributed by atoms with Gasteiger partial charge in [-0.25, -0.2) is 0 Å². The van der Waals surface area contributed by atoms with Crippen molar-refractivity contribution in [1.29, 1.82) is 0 Å². The van der Waals surface area contributed by atoms with Crippen LogP contribution in [0.4, 0.5) is 0 Å². The van der Waals surface area contributed by atoms with Gasteiger partial charge < -0.3 is 20.3 Å². The lowest BCUT2D eigenvalue weighted by molar-refractivity contribution is -0.193. The molecule has 9 rings (SSSR count). The number of hydrogen-bond donors (Lipinski definition) is 3. The number of phenolic OH excluding ortho intramolecular Hbond substituents is 1. The first-order valence-electron chi connectivity index (χ1n) is 15.0. The number of aromatic hydroxyl groups is 1. The van der Waals surface area contributed by atoms with Crippen LogP contribution in [0.5, 0.6) is 11.5 Å². The molecule has 0 radical (unpaired) electrons. The number of likely N-dealkylation sites (tertiary alicyclic amines) is 1. The Hall–Kier alpha value is -2.83. The largest absolute Gasteiger partial charge is 0.504 e. The zero-order valence-electron chi connectivity index (χ0n) is 22.4. The zero-order valence-corrected chi connectivity index (χ0v) is 22.4. The Bertz CT molecular complexity index is 1350. The van der Waals surface area contributed by atoms with Gasteiger partial charge in [0.05, 0.1) is 11.5 Å². The summed E-state index contributed by atoms with van der Waals surface area (Å²) in [6.07, 6.45) is 12.1. The molecular weight excluding hydrogens is 488 g/mol. The molecule has 6 heteroatoms. The van der Waals surface area contributed by atoms with Crippen molar-refractivity contribution >= 4 is 5.91 Å². The van der Waals surface area contributed by atoms with E-state index in [1.54, 1.807) is 6.07 Å². The number of carbonyl (C=O) groups is 1. The van der Waals surface area contributed by atoms with Crippen LogP contribution >= 0.6 is 0 Å². The number of benzene rings is 2. The number of piperidine rings is 1. The molecule has 6 atom stereocenters. The molecule has 1 saturated heterocycles. The molecular formula is C33H38N2O4. The van der Waals surface area contributed by atoms with Gasteiger partial charge in [0.2, 0.25) is 5.91 Å². The highest BCUT2D eigenvalue weighted by atomic mass is 16.5. The van der Waals surface area contributed by atoms with Gasteiger partial charge in [0, 0.05) is 30.0 Å². The number of aryl methyl sites for hydroxylation is 1. The molecule has 3 N–H and O–H groups in total. The molecule has 2 spiro atoms. The van der Waals surface area contributed by atoms with Crippen LogP contribution in [0, 0.1) is 11.3 Å². The molecule has 0 unspecified atom stereocenters. The number of hydrogen-bond acceptors (Lipinski definition) is 5. The number of rotatable bonds is 8. The number of nitrogens with zero attached hydrogens (tertiary/aromatic N) is 1. The van der Waals surface area contributed by atoms with Crippen molar-refractivity contribution in [3.8, 4) is 11.5 Å². The third-order valence-electron chi connectivity index (χ3n) is 11.1. The molecule has 39 heavy (non-hydrogen) atoms. The summed E-state index contributed by atoms with van der Waals surface area (Å²) in [5.74, 6) is 1.52. The van der Waals surface area contributed by atoms with E-state index < -0.39 is 17.7 Å². The fraction of sp³-hybridized carbons (Fsp3) is 0.545. The number of ether oxygens (including phenoxy) is 1. The smallest absolute Gasteiger partial charge is 0.220 e. The second-order valence-corrected chi connectivity index (χ2v) is 13.1. The number of aliphatic hydroxyl groups is 1. The van der Waals surface area contributed by atoms with Crippen LogP contribution in [0.25, 0.3) is 0 Å². The Kier molecular flexibility index (Phi) is 5.13. The van der Waals surface area contributed by atoms with Crippen molar-refractivity contribution in [2.75, 3.05) is 13.1 Å². The first-order chi connectivity index (χ1) is 18.9. The highest BCUT2D eigenvalue weighted by molar-refractivity contribution is 5.77. The van der Waals surface area contributed by atoms with E-state index in [1.807, 2.05) is 12.1 Å². The van der Waals surface area contributed by atoms with Crippen LogP contribution in [0.15, 0.2) is 54.6 Å². The molecule has 3 fully saturated rings. The van der Waals surface area contributed by atoms with Gasteiger partial charge in [-0.2, -0.15) is 0 Å². The SMILES string of the molecule is O=C(CCCCc1ccccc1)N[C@H]1C[C@@]23C=C[C@@]1(O)[C@@H]1Oc4c(O)ccc5c4[C@@]12CCN(CC1CC1)[C@H]3C5. The third-order valence-corrected chi connectivity index (χ3v) is 11.1. The van der Waals surface area contributed by atoms with Crippen molar-refractivity contribution in [2.45, 2.75) is 87.0 Å². The van der Waals surface area contributed by atoms with Crippen LogP contribution < -0.4 is 10.1 Å². The van der Waals surface area contributed by atoms with Crippen molar-refractivity contribution < 1.29 is 19.7 Å². The van der Waals surface area contributed by atoms with Gasteiger partial charge in [0.25, 0.3) is 0 Å². The van der Waals surface area contributed by atoms with E-state index in [0.29, 0.717) is 24.6 Å². The van der Waals surface area contributed by atoms with Gasteiger partial charge in [0.1, 0.15) is 11.7 Å². The molecule has 4 bridgehead atoms. The Morgan fingerprint density at radius 1 is 1.10 bits per heavy atom. The summed E-state index contributed by atoms with van der Waals surface area (Å²) >= 11 is 0. The predicted octanol–water partition coefficient (Wildman–Crippen LogP) is 4.02. The number of unbranched alkanes of at least 4 members (excludes halogenated alkanes) is 1. The summed E-state index contributed by atoms with van der Waals surface area (Å²) in [4.78, 5) is 15.9. The molecule has 6 nitrogen and oxygen atoms in total. The summed E-state index contributed by atoms with van der Waals surface area (Å²) in [7, 11) is 0. The van der Waals surface area contributed by atoms with Crippen molar-refractivity contribution in [2.24, 2.45) is 11.3 Å². The Balaban J connectivity index is 1.09. The summed E-state index contributed by atoms with van der Waals surface area (Å²) in [6, 6.07) is 14.1. The third kappa shape index (κ3) is 3.25. The molecule has 2 aromatic rings. The minimum Gasteiger partial charge on any atom is -0.504 e. The van der Waals surface area contributed by atoms with Crippen molar-refractivity contribution in [3.63, 3.8) is 0 Å². The molecule has 204 valence electrons. The molecule has 7 aliphatic rings. The van der Waals surface area contributed by atoms with E-state index in [9.17, 15) is 15.0 Å². The van der Waals surface area contributed by atoms with Gasteiger partial charge in [-0.05, 0) is 81.0 Å². The van der Waals surface area contributed by atoms with E-state index in [4.69, 9.17) is 4.74 Å². The van der Waals surface area contributed by atoms with E-state index in [-0.39, 0.29) is 22.5 Å². The summed E-state index contributed by atoms with van der Waals surface area (Å²) in [5, 5.41) is 26.5. The quantitative estimate of drug-likeness (QED) is 0.358. The maximum absolute atomic E-state index is 13.2.